The van der Waals surface area contributed by atoms with Crippen LogP contribution in [0, 0.1) is 3.57 Å². The van der Waals surface area contributed by atoms with E-state index < -0.39 is 0 Å². The maximum absolute atomic E-state index is 11.6. The highest BCUT2D eigenvalue weighted by molar-refractivity contribution is 14.1. The molecule has 15 heavy (non-hydrogen) atoms. The highest BCUT2D eigenvalue weighted by Crippen LogP contribution is 2.14. The van der Waals surface area contributed by atoms with Crippen LogP contribution in [0.5, 0.6) is 0 Å². The Labute approximate surface area is 100 Å². The van der Waals surface area contributed by atoms with Crippen LogP contribution in [0.25, 0.3) is 5.52 Å². The van der Waals surface area contributed by atoms with Crippen LogP contribution in [0.3, 0.4) is 0 Å². The van der Waals surface area contributed by atoms with E-state index in [9.17, 15) is 4.79 Å². The average molecular weight is 316 g/mol. The number of esters is 1. The van der Waals surface area contributed by atoms with Gasteiger partial charge in [0, 0.05) is 9.77 Å². The Bertz CT molecular complexity index is 507. The molecular formula is C10H9IN2O2. The van der Waals surface area contributed by atoms with Crippen LogP contribution in [-0.2, 0) is 4.74 Å². The molecule has 78 valence electrons. The van der Waals surface area contributed by atoms with Crippen molar-refractivity contribution >= 4 is 34.1 Å². The predicted molar refractivity (Wildman–Crippen MR) is 63.9 cm³/mol. The van der Waals surface area contributed by atoms with Crippen LogP contribution in [0.15, 0.2) is 24.5 Å². The first-order valence-electron chi connectivity index (χ1n) is 4.52. The van der Waals surface area contributed by atoms with Crippen molar-refractivity contribution in [2.24, 2.45) is 0 Å². The monoisotopic (exact) mass is 316 g/mol. The molecule has 0 N–H and O–H groups in total. The van der Waals surface area contributed by atoms with E-state index in [2.05, 4.69) is 27.7 Å². The molecule has 0 saturated heterocycles. The van der Waals surface area contributed by atoms with E-state index in [1.807, 2.05) is 18.3 Å². The number of carbonyl (C=O) groups is 1. The molecule has 2 aromatic heterocycles. The predicted octanol–water partition coefficient (Wildman–Crippen LogP) is 2.12. The van der Waals surface area contributed by atoms with E-state index in [1.54, 1.807) is 11.4 Å². The van der Waals surface area contributed by atoms with Crippen molar-refractivity contribution < 1.29 is 9.53 Å². The summed E-state index contributed by atoms with van der Waals surface area (Å²) in [5.41, 5.74) is 1.29. The summed E-state index contributed by atoms with van der Waals surface area (Å²) in [5, 5.41) is 4.08. The molecule has 5 heteroatoms. The van der Waals surface area contributed by atoms with Gasteiger partial charge in [-0.15, -0.1) is 0 Å². The first-order chi connectivity index (χ1) is 7.22. The number of aromatic nitrogens is 2. The molecular weight excluding hydrogens is 307 g/mol. The molecule has 0 saturated carbocycles. The summed E-state index contributed by atoms with van der Waals surface area (Å²) in [7, 11) is 0. The molecule has 0 aliphatic rings. The zero-order valence-corrected chi connectivity index (χ0v) is 10.3. The van der Waals surface area contributed by atoms with Crippen LogP contribution >= 0.6 is 22.6 Å². The molecule has 0 aromatic carbocycles. The van der Waals surface area contributed by atoms with E-state index in [1.165, 1.54) is 6.20 Å². The lowest BCUT2D eigenvalue weighted by Gasteiger charge is -1.99. The number of ether oxygens (including phenoxy) is 1. The van der Waals surface area contributed by atoms with Gasteiger partial charge in [0.1, 0.15) is 5.56 Å². The normalized spacial score (nSPS) is 10.5. The first kappa shape index (κ1) is 10.4. The van der Waals surface area contributed by atoms with Gasteiger partial charge >= 0.3 is 5.97 Å². The van der Waals surface area contributed by atoms with Crippen LogP contribution in [0.2, 0.25) is 0 Å². The summed E-state index contributed by atoms with van der Waals surface area (Å²) in [5.74, 6) is -0.325. The van der Waals surface area contributed by atoms with Crippen molar-refractivity contribution in [3.63, 3.8) is 0 Å². The highest BCUT2D eigenvalue weighted by Gasteiger charge is 2.13. The van der Waals surface area contributed by atoms with Crippen molar-refractivity contribution in [3.8, 4) is 0 Å². The molecule has 4 nitrogen and oxygen atoms in total. The number of hydrogen-bond acceptors (Lipinski definition) is 3. The molecule has 0 aliphatic heterocycles. The summed E-state index contributed by atoms with van der Waals surface area (Å²) in [6, 6.07) is 3.83. The summed E-state index contributed by atoms with van der Waals surface area (Å²) in [6.07, 6.45) is 3.35. The second-order valence-corrected chi connectivity index (χ2v) is 4.20. The SMILES string of the molecule is CCOC(=O)c1cnn2ccc(I)cc12. The molecule has 0 atom stereocenters. The van der Waals surface area contributed by atoms with Gasteiger partial charge in [-0.3, -0.25) is 0 Å². The Morgan fingerprint density at radius 3 is 3.20 bits per heavy atom. The third-order valence-electron chi connectivity index (χ3n) is 1.98. The molecule has 0 fully saturated rings. The number of hydrogen-bond donors (Lipinski definition) is 0. The minimum absolute atomic E-state index is 0.325. The lowest BCUT2D eigenvalue weighted by atomic mass is 10.3. The van der Waals surface area contributed by atoms with Gasteiger partial charge in [0.2, 0.25) is 0 Å². The smallest absolute Gasteiger partial charge is 0.341 e. The van der Waals surface area contributed by atoms with E-state index in [-0.39, 0.29) is 5.97 Å². The van der Waals surface area contributed by atoms with Gasteiger partial charge in [0.15, 0.2) is 0 Å². The van der Waals surface area contributed by atoms with Crippen LogP contribution in [0.1, 0.15) is 17.3 Å². The maximum Gasteiger partial charge on any atom is 0.341 e. The summed E-state index contributed by atoms with van der Waals surface area (Å²) in [6.45, 7) is 2.16. The number of fused-ring (bicyclic) bond motifs is 1. The van der Waals surface area contributed by atoms with Crippen molar-refractivity contribution in [2.45, 2.75) is 6.92 Å². The summed E-state index contributed by atoms with van der Waals surface area (Å²) in [4.78, 5) is 11.6. The topological polar surface area (TPSA) is 43.6 Å². The standard InChI is InChI=1S/C10H9IN2O2/c1-2-15-10(14)8-6-12-13-4-3-7(11)5-9(8)13/h3-6H,2H2,1H3. The Morgan fingerprint density at radius 1 is 1.67 bits per heavy atom. The fourth-order valence-electron chi connectivity index (χ4n) is 1.32. The molecule has 0 aliphatic carbocycles. The van der Waals surface area contributed by atoms with E-state index in [0.29, 0.717) is 12.2 Å². The quantitative estimate of drug-likeness (QED) is 0.630. The molecule has 2 aromatic rings. The maximum atomic E-state index is 11.6. The number of nitrogens with zero attached hydrogens (tertiary/aromatic N) is 2. The Kier molecular flexibility index (Phi) is 2.90. The lowest BCUT2D eigenvalue weighted by Crippen LogP contribution is -2.04. The molecule has 0 spiro atoms. The van der Waals surface area contributed by atoms with Gasteiger partial charge in [0.25, 0.3) is 0 Å². The summed E-state index contributed by atoms with van der Waals surface area (Å²) >= 11 is 2.19. The molecule has 0 unspecified atom stereocenters. The van der Waals surface area contributed by atoms with Crippen molar-refractivity contribution in [1.82, 2.24) is 9.61 Å². The summed E-state index contributed by atoms with van der Waals surface area (Å²) < 4.78 is 7.66. The van der Waals surface area contributed by atoms with Gasteiger partial charge in [-0.2, -0.15) is 5.10 Å². The molecule has 0 radical (unpaired) electrons. The Morgan fingerprint density at radius 2 is 2.47 bits per heavy atom. The molecule has 0 bridgehead atoms. The Balaban J connectivity index is 2.52. The van der Waals surface area contributed by atoms with Crippen LogP contribution in [-0.4, -0.2) is 22.2 Å². The first-order valence-corrected chi connectivity index (χ1v) is 5.60. The molecule has 2 heterocycles. The van der Waals surface area contributed by atoms with Gasteiger partial charge in [-0.25, -0.2) is 9.31 Å². The third kappa shape index (κ3) is 1.97. The van der Waals surface area contributed by atoms with Crippen LogP contribution in [0.4, 0.5) is 0 Å². The second kappa shape index (κ2) is 4.18. The van der Waals surface area contributed by atoms with Crippen molar-refractivity contribution in [3.05, 3.63) is 33.7 Å². The van der Waals surface area contributed by atoms with Crippen molar-refractivity contribution in [2.75, 3.05) is 6.61 Å². The van der Waals surface area contributed by atoms with E-state index in [0.717, 1.165) is 9.09 Å². The van der Waals surface area contributed by atoms with Gasteiger partial charge in [-0.1, -0.05) is 0 Å². The highest BCUT2D eigenvalue weighted by atomic mass is 127. The fraction of sp³-hybridized carbons (Fsp3) is 0.200. The van der Waals surface area contributed by atoms with Gasteiger partial charge in [-0.05, 0) is 41.6 Å². The number of carbonyl (C=O) groups excluding carboxylic acids is 1. The molecule has 2 rings (SSSR count). The lowest BCUT2D eigenvalue weighted by molar-refractivity contribution is 0.0528. The van der Waals surface area contributed by atoms with Gasteiger partial charge in [0.05, 0.1) is 18.3 Å². The Hall–Kier alpha value is -1.11. The zero-order chi connectivity index (χ0) is 10.8. The third-order valence-corrected chi connectivity index (χ3v) is 2.65. The van der Waals surface area contributed by atoms with Crippen LogP contribution < -0.4 is 0 Å². The largest absolute Gasteiger partial charge is 0.462 e. The van der Waals surface area contributed by atoms with E-state index in [4.69, 9.17) is 4.74 Å². The van der Waals surface area contributed by atoms with Crippen molar-refractivity contribution in [1.29, 1.82) is 0 Å². The van der Waals surface area contributed by atoms with Gasteiger partial charge < -0.3 is 4.74 Å². The molecule has 0 amide bonds. The minimum atomic E-state index is -0.325. The number of halogens is 1. The number of rotatable bonds is 2. The minimum Gasteiger partial charge on any atom is -0.462 e. The number of pyridine rings is 1. The fourth-order valence-corrected chi connectivity index (χ4v) is 1.78. The van der Waals surface area contributed by atoms with E-state index >= 15 is 0 Å². The zero-order valence-electron chi connectivity index (χ0n) is 8.11. The second-order valence-electron chi connectivity index (χ2n) is 2.95. The average Bonchev–Trinajstić information content (AvgIpc) is 2.60.